The monoisotopic (exact) mass is 376 g/mol. The summed E-state index contributed by atoms with van der Waals surface area (Å²) in [6, 6.07) is 6.14. The van der Waals surface area contributed by atoms with Gasteiger partial charge in [0, 0.05) is 43.9 Å². The molecule has 1 saturated heterocycles. The highest BCUT2D eigenvalue weighted by atomic mass is 35.5. The third-order valence-electron chi connectivity index (χ3n) is 5.20. The van der Waals surface area contributed by atoms with Crippen LogP contribution in [0.25, 0.3) is 0 Å². The van der Waals surface area contributed by atoms with E-state index in [1.54, 1.807) is 13.2 Å². The molecule has 0 unspecified atom stereocenters. The maximum Gasteiger partial charge on any atom is 0.124 e. The number of ether oxygens (including phenoxy) is 1. The average Bonchev–Trinajstić information content (AvgIpc) is 2.58. The molecular weight excluding hydrogens is 347 g/mol. The first kappa shape index (κ1) is 21.4. The Kier molecular flexibility index (Phi) is 9.21. The number of benzene rings is 1. The second kappa shape index (κ2) is 10.3. The molecule has 1 atom stereocenters. The summed E-state index contributed by atoms with van der Waals surface area (Å²) in [5.74, 6) is 1.77. The Morgan fingerprint density at radius 3 is 2.38 bits per heavy atom. The van der Waals surface area contributed by atoms with Crippen LogP contribution in [0.15, 0.2) is 18.2 Å². The molecular formula is C18H30Cl2N2O2. The van der Waals surface area contributed by atoms with Crippen LogP contribution >= 0.6 is 24.8 Å². The van der Waals surface area contributed by atoms with E-state index in [0.29, 0.717) is 17.7 Å². The summed E-state index contributed by atoms with van der Waals surface area (Å²) in [5, 5.41) is 14.0. The van der Waals surface area contributed by atoms with Crippen molar-refractivity contribution in [2.24, 2.45) is 5.92 Å². The highest BCUT2D eigenvalue weighted by molar-refractivity contribution is 5.85. The summed E-state index contributed by atoms with van der Waals surface area (Å²) in [6.45, 7) is 4.21. The minimum absolute atomic E-state index is 0. The van der Waals surface area contributed by atoms with E-state index in [9.17, 15) is 5.11 Å². The molecule has 0 bridgehead atoms. The lowest BCUT2D eigenvalue weighted by Crippen LogP contribution is -2.47. The molecule has 0 aromatic heterocycles. The first-order valence-electron chi connectivity index (χ1n) is 8.61. The second-order valence-corrected chi connectivity index (χ2v) is 6.55. The molecule has 1 aromatic rings. The van der Waals surface area contributed by atoms with Crippen LogP contribution in [0.4, 0.5) is 0 Å². The van der Waals surface area contributed by atoms with Gasteiger partial charge in [-0.25, -0.2) is 0 Å². The highest BCUT2D eigenvalue weighted by Crippen LogP contribution is 2.42. The van der Waals surface area contributed by atoms with Crippen LogP contribution in [0.1, 0.15) is 43.7 Å². The van der Waals surface area contributed by atoms with E-state index in [4.69, 9.17) is 4.74 Å². The second-order valence-electron chi connectivity index (χ2n) is 6.55. The predicted molar refractivity (Wildman–Crippen MR) is 103 cm³/mol. The number of rotatable bonds is 4. The molecule has 1 saturated carbocycles. The normalized spacial score (nSPS) is 20.5. The number of hydrogen-bond acceptors (Lipinski definition) is 4. The van der Waals surface area contributed by atoms with E-state index in [1.807, 2.05) is 6.07 Å². The fourth-order valence-electron chi connectivity index (χ4n) is 4.06. The van der Waals surface area contributed by atoms with E-state index < -0.39 is 0 Å². The van der Waals surface area contributed by atoms with Crippen LogP contribution in [-0.2, 0) is 0 Å². The van der Waals surface area contributed by atoms with E-state index in [2.05, 4.69) is 16.3 Å². The van der Waals surface area contributed by atoms with Crippen molar-refractivity contribution in [1.82, 2.24) is 10.2 Å². The molecule has 1 aliphatic carbocycles. The molecule has 1 aromatic carbocycles. The van der Waals surface area contributed by atoms with Gasteiger partial charge in [-0.05, 0) is 24.8 Å². The van der Waals surface area contributed by atoms with Gasteiger partial charge in [-0.15, -0.1) is 24.8 Å². The number of halogens is 2. The van der Waals surface area contributed by atoms with Gasteiger partial charge in [-0.2, -0.15) is 0 Å². The molecule has 0 spiro atoms. The molecule has 2 fully saturated rings. The fraction of sp³-hybridized carbons (Fsp3) is 0.667. The van der Waals surface area contributed by atoms with Crippen LogP contribution in [0.3, 0.4) is 0 Å². The Hall–Kier alpha value is -0.680. The Morgan fingerprint density at radius 2 is 1.79 bits per heavy atom. The van der Waals surface area contributed by atoms with Crippen LogP contribution in [-0.4, -0.2) is 43.3 Å². The molecule has 2 aliphatic rings. The Morgan fingerprint density at radius 1 is 1.12 bits per heavy atom. The maximum atomic E-state index is 10.5. The molecule has 6 heteroatoms. The number of hydrogen-bond donors (Lipinski definition) is 2. The van der Waals surface area contributed by atoms with Gasteiger partial charge in [0.25, 0.3) is 0 Å². The largest absolute Gasteiger partial charge is 0.507 e. The summed E-state index contributed by atoms with van der Waals surface area (Å²) >= 11 is 0. The Balaban J connectivity index is 0.00000144. The fourth-order valence-corrected chi connectivity index (χ4v) is 4.06. The number of methoxy groups -OCH3 is 1. The molecule has 2 N–H and O–H groups in total. The van der Waals surface area contributed by atoms with Crippen LogP contribution in [0.5, 0.6) is 11.5 Å². The quantitative estimate of drug-likeness (QED) is 0.839. The lowest BCUT2D eigenvalue weighted by molar-refractivity contribution is 0.101. The molecule has 3 rings (SSSR count). The Bertz CT molecular complexity index is 472. The summed E-state index contributed by atoms with van der Waals surface area (Å²) in [5.41, 5.74) is 1.08. The van der Waals surface area contributed by atoms with Gasteiger partial charge in [-0.1, -0.05) is 25.3 Å². The van der Waals surface area contributed by atoms with Crippen molar-refractivity contribution in [2.45, 2.75) is 38.1 Å². The highest BCUT2D eigenvalue weighted by Gasteiger charge is 2.32. The van der Waals surface area contributed by atoms with Crippen molar-refractivity contribution < 1.29 is 9.84 Å². The number of aromatic hydroxyl groups is 1. The van der Waals surface area contributed by atoms with E-state index >= 15 is 0 Å². The van der Waals surface area contributed by atoms with Gasteiger partial charge < -0.3 is 15.2 Å². The van der Waals surface area contributed by atoms with Crippen LogP contribution in [0, 0.1) is 5.92 Å². The maximum absolute atomic E-state index is 10.5. The number of piperazine rings is 1. The van der Waals surface area contributed by atoms with E-state index in [0.717, 1.165) is 37.5 Å². The predicted octanol–water partition coefficient (Wildman–Crippen LogP) is 3.77. The molecule has 1 aliphatic heterocycles. The molecule has 24 heavy (non-hydrogen) atoms. The number of phenolic OH excluding ortho intramolecular Hbond substituents is 1. The average molecular weight is 377 g/mol. The zero-order valence-corrected chi connectivity index (χ0v) is 16.0. The van der Waals surface area contributed by atoms with Crippen molar-refractivity contribution >= 4 is 24.8 Å². The molecule has 4 nitrogen and oxygen atoms in total. The molecule has 0 amide bonds. The van der Waals surface area contributed by atoms with Crippen LogP contribution < -0.4 is 10.1 Å². The van der Waals surface area contributed by atoms with Gasteiger partial charge in [0.2, 0.25) is 0 Å². The summed E-state index contributed by atoms with van der Waals surface area (Å²) in [7, 11) is 1.64. The van der Waals surface area contributed by atoms with Gasteiger partial charge >= 0.3 is 0 Å². The van der Waals surface area contributed by atoms with Gasteiger partial charge in [-0.3, -0.25) is 4.90 Å². The van der Waals surface area contributed by atoms with Gasteiger partial charge in [0.05, 0.1) is 7.11 Å². The molecule has 0 radical (unpaired) electrons. The van der Waals surface area contributed by atoms with Gasteiger partial charge in [0.15, 0.2) is 0 Å². The van der Waals surface area contributed by atoms with Gasteiger partial charge in [0.1, 0.15) is 11.5 Å². The lowest BCUT2D eigenvalue weighted by Gasteiger charge is -2.41. The standard InChI is InChI=1S/C18H28N2O2.2ClH/c1-22-15-7-8-16(17(21)13-15)18(14-5-3-2-4-6-14)20-11-9-19-10-12-20;;/h7-8,13-14,18-19,21H,2-6,9-12H2,1H3;2*1H/t18-;;/m1../s1. The number of phenols is 1. The zero-order valence-electron chi connectivity index (χ0n) is 14.4. The third-order valence-corrected chi connectivity index (χ3v) is 5.20. The van der Waals surface area contributed by atoms with Crippen molar-refractivity contribution in [1.29, 1.82) is 0 Å². The summed E-state index contributed by atoms with van der Waals surface area (Å²) < 4.78 is 5.24. The first-order valence-corrected chi connectivity index (χ1v) is 8.61. The smallest absolute Gasteiger partial charge is 0.124 e. The third kappa shape index (κ3) is 4.92. The minimum Gasteiger partial charge on any atom is -0.507 e. The SMILES string of the molecule is COc1ccc([C@@H](C2CCCCC2)N2CCNCC2)c(O)c1.Cl.Cl. The van der Waals surface area contributed by atoms with Crippen molar-refractivity contribution in [3.05, 3.63) is 23.8 Å². The minimum atomic E-state index is 0. The van der Waals surface area contributed by atoms with Crippen molar-refractivity contribution in [3.8, 4) is 11.5 Å². The number of nitrogens with one attached hydrogen (secondary N) is 1. The molecule has 1 heterocycles. The first-order chi connectivity index (χ1) is 10.8. The van der Waals surface area contributed by atoms with Crippen molar-refractivity contribution in [2.75, 3.05) is 33.3 Å². The van der Waals surface area contributed by atoms with Crippen molar-refractivity contribution in [3.63, 3.8) is 0 Å². The number of nitrogens with zero attached hydrogens (tertiary/aromatic N) is 1. The van der Waals surface area contributed by atoms with Crippen LogP contribution in [0.2, 0.25) is 0 Å². The summed E-state index contributed by atoms with van der Waals surface area (Å²) in [4.78, 5) is 2.56. The molecule has 138 valence electrons. The van der Waals surface area contributed by atoms with E-state index in [-0.39, 0.29) is 24.8 Å². The van der Waals surface area contributed by atoms with E-state index in [1.165, 1.54) is 32.1 Å². The topological polar surface area (TPSA) is 44.7 Å². The Labute approximate surface area is 157 Å². The zero-order chi connectivity index (χ0) is 15.4. The lowest BCUT2D eigenvalue weighted by atomic mass is 9.80. The summed E-state index contributed by atoms with van der Waals surface area (Å²) in [6.07, 6.45) is 6.56.